The molecule has 0 saturated carbocycles. The SMILES string of the molecule is Cc1ccc(-c2ccsc2C(=O)N2CCC(O)CC2)cc1. The molecule has 3 nitrogen and oxygen atoms in total. The first-order chi connectivity index (χ1) is 10.1. The van der Waals surface area contributed by atoms with Gasteiger partial charge in [-0.25, -0.2) is 0 Å². The summed E-state index contributed by atoms with van der Waals surface area (Å²) >= 11 is 1.50. The van der Waals surface area contributed by atoms with Gasteiger partial charge in [0.15, 0.2) is 0 Å². The first-order valence-corrected chi connectivity index (χ1v) is 8.15. The van der Waals surface area contributed by atoms with Crippen molar-refractivity contribution in [2.75, 3.05) is 13.1 Å². The maximum atomic E-state index is 12.7. The van der Waals surface area contributed by atoms with Crippen LogP contribution in [0.5, 0.6) is 0 Å². The van der Waals surface area contributed by atoms with Crippen molar-refractivity contribution in [1.29, 1.82) is 0 Å². The number of rotatable bonds is 2. The van der Waals surface area contributed by atoms with E-state index in [0.29, 0.717) is 25.9 Å². The molecule has 21 heavy (non-hydrogen) atoms. The fourth-order valence-corrected chi connectivity index (χ4v) is 3.53. The normalized spacial score (nSPS) is 16.2. The Balaban J connectivity index is 1.85. The second-order valence-electron chi connectivity index (χ2n) is 5.55. The van der Waals surface area contributed by atoms with E-state index in [2.05, 4.69) is 31.2 Å². The third-order valence-electron chi connectivity index (χ3n) is 3.97. The highest BCUT2D eigenvalue weighted by Gasteiger charge is 2.25. The van der Waals surface area contributed by atoms with Crippen molar-refractivity contribution in [2.24, 2.45) is 0 Å². The number of hydrogen-bond acceptors (Lipinski definition) is 3. The Kier molecular flexibility index (Phi) is 4.08. The smallest absolute Gasteiger partial charge is 0.264 e. The number of hydrogen-bond donors (Lipinski definition) is 1. The van der Waals surface area contributed by atoms with Crippen molar-refractivity contribution < 1.29 is 9.90 Å². The van der Waals surface area contributed by atoms with Gasteiger partial charge in [-0.05, 0) is 36.8 Å². The number of likely N-dealkylation sites (tertiary alicyclic amines) is 1. The molecular formula is C17H19NO2S. The molecule has 1 fully saturated rings. The first-order valence-electron chi connectivity index (χ1n) is 7.27. The third-order valence-corrected chi connectivity index (χ3v) is 4.88. The second-order valence-corrected chi connectivity index (χ2v) is 6.47. The molecule has 0 radical (unpaired) electrons. The van der Waals surface area contributed by atoms with Gasteiger partial charge in [0.25, 0.3) is 5.91 Å². The topological polar surface area (TPSA) is 40.5 Å². The molecule has 110 valence electrons. The lowest BCUT2D eigenvalue weighted by Crippen LogP contribution is -2.39. The van der Waals surface area contributed by atoms with Gasteiger partial charge in [0.2, 0.25) is 0 Å². The van der Waals surface area contributed by atoms with Gasteiger partial charge in [0.1, 0.15) is 0 Å². The fraction of sp³-hybridized carbons (Fsp3) is 0.353. The summed E-state index contributed by atoms with van der Waals surface area (Å²) in [5.74, 6) is 0.0903. The summed E-state index contributed by atoms with van der Waals surface area (Å²) in [6.45, 7) is 3.35. The van der Waals surface area contributed by atoms with Crippen LogP contribution in [0.25, 0.3) is 11.1 Å². The van der Waals surface area contributed by atoms with Gasteiger partial charge in [-0.3, -0.25) is 4.79 Å². The summed E-state index contributed by atoms with van der Waals surface area (Å²) in [4.78, 5) is 15.3. The van der Waals surface area contributed by atoms with E-state index in [1.165, 1.54) is 16.9 Å². The number of thiophene rings is 1. The van der Waals surface area contributed by atoms with Crippen LogP contribution in [0.4, 0.5) is 0 Å². The number of piperidine rings is 1. The number of carbonyl (C=O) groups excluding carboxylic acids is 1. The lowest BCUT2D eigenvalue weighted by molar-refractivity contribution is 0.0551. The van der Waals surface area contributed by atoms with Crippen LogP contribution in [0.2, 0.25) is 0 Å². The standard InChI is InChI=1S/C17H19NO2S/c1-12-2-4-13(5-3-12)15-8-11-21-16(15)17(20)18-9-6-14(19)7-10-18/h2-5,8,11,14,19H,6-7,9-10H2,1H3. The van der Waals surface area contributed by atoms with Gasteiger partial charge in [-0.1, -0.05) is 29.8 Å². The third kappa shape index (κ3) is 3.01. The summed E-state index contributed by atoms with van der Waals surface area (Å²) in [5.41, 5.74) is 3.31. The Labute approximate surface area is 128 Å². The zero-order valence-electron chi connectivity index (χ0n) is 12.1. The van der Waals surface area contributed by atoms with Crippen LogP contribution >= 0.6 is 11.3 Å². The predicted octanol–water partition coefficient (Wildman–Crippen LogP) is 3.32. The Morgan fingerprint density at radius 3 is 2.52 bits per heavy atom. The molecule has 3 rings (SSSR count). The van der Waals surface area contributed by atoms with Crippen LogP contribution < -0.4 is 0 Å². The molecule has 1 aromatic heterocycles. The number of benzene rings is 1. The van der Waals surface area contributed by atoms with E-state index in [4.69, 9.17) is 0 Å². The molecule has 1 aliphatic rings. The summed E-state index contributed by atoms with van der Waals surface area (Å²) in [6, 6.07) is 10.3. The highest BCUT2D eigenvalue weighted by molar-refractivity contribution is 7.12. The molecule has 0 unspecified atom stereocenters. The molecule has 2 aromatic rings. The molecule has 1 N–H and O–H groups in total. The molecule has 1 saturated heterocycles. The molecule has 0 atom stereocenters. The summed E-state index contributed by atoms with van der Waals surface area (Å²) in [7, 11) is 0. The first kappa shape index (κ1) is 14.3. The summed E-state index contributed by atoms with van der Waals surface area (Å²) in [6.07, 6.45) is 1.10. The van der Waals surface area contributed by atoms with E-state index in [9.17, 15) is 9.90 Å². The predicted molar refractivity (Wildman–Crippen MR) is 85.6 cm³/mol. The maximum Gasteiger partial charge on any atom is 0.264 e. The fourth-order valence-electron chi connectivity index (χ4n) is 2.65. The molecule has 1 aromatic carbocycles. The van der Waals surface area contributed by atoms with Crippen LogP contribution in [0.15, 0.2) is 35.7 Å². The van der Waals surface area contributed by atoms with Gasteiger partial charge >= 0.3 is 0 Å². The molecule has 2 heterocycles. The van der Waals surface area contributed by atoms with Gasteiger partial charge in [0.05, 0.1) is 11.0 Å². The van der Waals surface area contributed by atoms with E-state index in [1.807, 2.05) is 16.3 Å². The minimum absolute atomic E-state index is 0.0903. The quantitative estimate of drug-likeness (QED) is 0.924. The molecular weight excluding hydrogens is 282 g/mol. The van der Waals surface area contributed by atoms with Crippen LogP contribution in [-0.2, 0) is 0 Å². The van der Waals surface area contributed by atoms with Crippen molar-refractivity contribution in [3.63, 3.8) is 0 Å². The van der Waals surface area contributed by atoms with Crippen molar-refractivity contribution in [3.8, 4) is 11.1 Å². The zero-order valence-corrected chi connectivity index (χ0v) is 12.9. The van der Waals surface area contributed by atoms with Crippen molar-refractivity contribution in [2.45, 2.75) is 25.9 Å². The maximum absolute atomic E-state index is 12.7. The Hall–Kier alpha value is -1.65. The Morgan fingerprint density at radius 1 is 1.19 bits per heavy atom. The number of nitrogens with zero attached hydrogens (tertiary/aromatic N) is 1. The number of amides is 1. The highest BCUT2D eigenvalue weighted by Crippen LogP contribution is 2.30. The van der Waals surface area contributed by atoms with Gasteiger partial charge in [0, 0.05) is 18.7 Å². The van der Waals surface area contributed by atoms with Gasteiger partial charge in [-0.2, -0.15) is 0 Å². The molecule has 0 spiro atoms. The van der Waals surface area contributed by atoms with E-state index < -0.39 is 0 Å². The van der Waals surface area contributed by atoms with Crippen molar-refractivity contribution in [3.05, 3.63) is 46.2 Å². The van der Waals surface area contributed by atoms with E-state index >= 15 is 0 Å². The average Bonchev–Trinajstić information content (AvgIpc) is 2.97. The number of aryl methyl sites for hydroxylation is 1. The Morgan fingerprint density at radius 2 is 1.86 bits per heavy atom. The van der Waals surface area contributed by atoms with E-state index in [-0.39, 0.29) is 12.0 Å². The molecule has 1 aliphatic heterocycles. The largest absolute Gasteiger partial charge is 0.393 e. The van der Waals surface area contributed by atoms with Crippen LogP contribution in [0, 0.1) is 6.92 Å². The summed E-state index contributed by atoms with van der Waals surface area (Å²) in [5, 5.41) is 11.5. The molecule has 0 aliphatic carbocycles. The van der Waals surface area contributed by atoms with Crippen LogP contribution in [0.1, 0.15) is 28.1 Å². The van der Waals surface area contributed by atoms with Gasteiger partial charge < -0.3 is 10.0 Å². The minimum Gasteiger partial charge on any atom is -0.393 e. The molecule has 4 heteroatoms. The van der Waals surface area contributed by atoms with Crippen molar-refractivity contribution >= 4 is 17.2 Å². The second kappa shape index (κ2) is 6.00. The van der Waals surface area contributed by atoms with Gasteiger partial charge in [-0.15, -0.1) is 11.3 Å². The number of aliphatic hydroxyl groups is 1. The number of carbonyl (C=O) groups is 1. The average molecular weight is 301 g/mol. The number of aliphatic hydroxyl groups excluding tert-OH is 1. The summed E-state index contributed by atoms with van der Waals surface area (Å²) < 4.78 is 0. The lowest BCUT2D eigenvalue weighted by atomic mass is 10.0. The van der Waals surface area contributed by atoms with Crippen LogP contribution in [-0.4, -0.2) is 35.1 Å². The highest BCUT2D eigenvalue weighted by atomic mass is 32.1. The molecule has 0 bridgehead atoms. The van der Waals surface area contributed by atoms with E-state index in [1.54, 1.807) is 0 Å². The minimum atomic E-state index is -0.256. The van der Waals surface area contributed by atoms with Crippen molar-refractivity contribution in [1.82, 2.24) is 4.90 Å². The lowest BCUT2D eigenvalue weighted by Gasteiger charge is -2.29. The monoisotopic (exact) mass is 301 g/mol. The Bertz CT molecular complexity index is 624. The molecule has 1 amide bonds. The zero-order chi connectivity index (χ0) is 14.8. The van der Waals surface area contributed by atoms with Crippen LogP contribution in [0.3, 0.4) is 0 Å². The van der Waals surface area contributed by atoms with E-state index in [0.717, 1.165) is 16.0 Å².